The first-order valence-corrected chi connectivity index (χ1v) is 10.9. The van der Waals surface area contributed by atoms with Crippen LogP contribution in [0.25, 0.3) is 10.9 Å². The molecule has 0 radical (unpaired) electrons. The molecule has 0 fully saturated rings. The van der Waals surface area contributed by atoms with Gasteiger partial charge in [0, 0.05) is 5.39 Å². The second kappa shape index (κ2) is 10.1. The highest BCUT2D eigenvalue weighted by Crippen LogP contribution is 2.25. The summed E-state index contributed by atoms with van der Waals surface area (Å²) in [6.45, 7) is 4.99. The Kier molecular flexibility index (Phi) is 6.75. The van der Waals surface area contributed by atoms with Gasteiger partial charge in [-0.15, -0.1) is 5.92 Å². The van der Waals surface area contributed by atoms with E-state index in [1.807, 2.05) is 53.3 Å². The maximum Gasteiger partial charge on any atom is 0.304 e. The summed E-state index contributed by atoms with van der Waals surface area (Å²) in [4.78, 5) is 11.1. The van der Waals surface area contributed by atoms with Crippen molar-refractivity contribution in [3.63, 3.8) is 0 Å². The minimum atomic E-state index is -0.860. The Labute approximate surface area is 193 Å². The van der Waals surface area contributed by atoms with Crippen LogP contribution in [0.2, 0.25) is 0 Å². The number of carboxylic acid groups (broad SMARTS) is 1. The molecule has 0 spiro atoms. The van der Waals surface area contributed by atoms with Crippen LogP contribution in [0.4, 0.5) is 0 Å². The average Bonchev–Trinajstić information content (AvgIpc) is 3.21. The van der Waals surface area contributed by atoms with Crippen LogP contribution in [0, 0.1) is 18.8 Å². The zero-order valence-corrected chi connectivity index (χ0v) is 18.8. The molecular formula is C28H26N2O3. The molecule has 4 rings (SSSR count). The largest absolute Gasteiger partial charge is 0.489 e. The van der Waals surface area contributed by atoms with Gasteiger partial charge in [0.15, 0.2) is 0 Å². The number of carbonyl (C=O) groups is 1. The molecule has 1 heterocycles. The van der Waals surface area contributed by atoms with Crippen LogP contribution in [0.3, 0.4) is 0 Å². The molecule has 166 valence electrons. The van der Waals surface area contributed by atoms with Crippen molar-refractivity contribution in [3.8, 4) is 17.6 Å². The third kappa shape index (κ3) is 5.42. The maximum absolute atomic E-state index is 11.1. The van der Waals surface area contributed by atoms with Crippen LogP contribution in [0.15, 0.2) is 72.9 Å². The van der Waals surface area contributed by atoms with Gasteiger partial charge in [-0.3, -0.25) is 9.48 Å². The Morgan fingerprint density at radius 1 is 1.09 bits per heavy atom. The van der Waals surface area contributed by atoms with E-state index in [1.165, 1.54) is 5.56 Å². The van der Waals surface area contributed by atoms with Crippen molar-refractivity contribution in [3.05, 3.63) is 95.2 Å². The number of fused-ring (bicyclic) bond motifs is 1. The molecule has 0 bridgehead atoms. The van der Waals surface area contributed by atoms with Gasteiger partial charge in [-0.25, -0.2) is 0 Å². The molecule has 4 aromatic rings. The highest BCUT2D eigenvalue weighted by Gasteiger charge is 2.13. The first-order valence-electron chi connectivity index (χ1n) is 10.9. The Hall–Kier alpha value is -4.04. The van der Waals surface area contributed by atoms with Gasteiger partial charge in [0.25, 0.3) is 0 Å². The number of carboxylic acids is 1. The van der Waals surface area contributed by atoms with Crippen LogP contribution in [0.5, 0.6) is 5.75 Å². The fourth-order valence-corrected chi connectivity index (χ4v) is 4.05. The fraction of sp³-hybridized carbons (Fsp3) is 0.214. The number of nitrogens with zero attached hydrogens (tertiary/aromatic N) is 2. The first-order chi connectivity index (χ1) is 16.0. The lowest BCUT2D eigenvalue weighted by molar-refractivity contribution is -0.137. The summed E-state index contributed by atoms with van der Waals surface area (Å²) in [6, 6.07) is 22.1. The van der Waals surface area contributed by atoms with E-state index < -0.39 is 5.97 Å². The predicted molar refractivity (Wildman–Crippen MR) is 129 cm³/mol. The summed E-state index contributed by atoms with van der Waals surface area (Å²) < 4.78 is 8.03. The van der Waals surface area contributed by atoms with Gasteiger partial charge >= 0.3 is 5.97 Å². The van der Waals surface area contributed by atoms with E-state index in [1.54, 1.807) is 6.92 Å². The molecular weight excluding hydrogens is 412 g/mol. The number of ether oxygens (including phenoxy) is 1. The molecule has 3 aromatic carbocycles. The summed E-state index contributed by atoms with van der Waals surface area (Å²) >= 11 is 0. The zero-order valence-electron chi connectivity index (χ0n) is 18.8. The predicted octanol–water partition coefficient (Wildman–Crippen LogP) is 5.55. The van der Waals surface area contributed by atoms with E-state index in [0.29, 0.717) is 6.61 Å². The van der Waals surface area contributed by atoms with E-state index >= 15 is 0 Å². The molecule has 33 heavy (non-hydrogen) atoms. The SMILES string of the molecule is CC#C[C@@H](CC(=O)O)c1ccc(OCc2cc(C)c3c(cnn3Cc3ccccc3)c2)cc1. The van der Waals surface area contributed by atoms with Crippen molar-refractivity contribution in [1.82, 2.24) is 9.78 Å². The van der Waals surface area contributed by atoms with E-state index in [0.717, 1.165) is 39.9 Å². The maximum atomic E-state index is 11.1. The Balaban J connectivity index is 1.46. The molecule has 1 atom stereocenters. The molecule has 1 N–H and O–H groups in total. The van der Waals surface area contributed by atoms with Crippen molar-refractivity contribution < 1.29 is 14.6 Å². The van der Waals surface area contributed by atoms with Crippen LogP contribution < -0.4 is 4.74 Å². The van der Waals surface area contributed by atoms with Crippen molar-refractivity contribution in [2.45, 2.75) is 39.3 Å². The van der Waals surface area contributed by atoms with Gasteiger partial charge in [0.1, 0.15) is 12.4 Å². The normalized spacial score (nSPS) is 11.6. The molecule has 1 aromatic heterocycles. The molecule has 0 aliphatic carbocycles. The van der Waals surface area contributed by atoms with Gasteiger partial charge in [-0.1, -0.05) is 54.5 Å². The fourth-order valence-electron chi connectivity index (χ4n) is 4.05. The molecule has 0 aliphatic heterocycles. The topological polar surface area (TPSA) is 64.3 Å². The molecule has 0 amide bonds. The van der Waals surface area contributed by atoms with Gasteiger partial charge in [0.05, 0.1) is 30.6 Å². The highest BCUT2D eigenvalue weighted by atomic mass is 16.5. The summed E-state index contributed by atoms with van der Waals surface area (Å²) in [5.74, 6) is 5.34. The summed E-state index contributed by atoms with van der Waals surface area (Å²) in [5, 5.41) is 14.8. The smallest absolute Gasteiger partial charge is 0.304 e. The number of hydrogen-bond acceptors (Lipinski definition) is 3. The summed E-state index contributed by atoms with van der Waals surface area (Å²) in [6.07, 6.45) is 1.89. The third-order valence-electron chi connectivity index (χ3n) is 5.54. The number of aromatic nitrogens is 2. The molecule has 0 aliphatic rings. The number of aryl methyl sites for hydroxylation is 1. The molecule has 0 saturated heterocycles. The second-order valence-electron chi connectivity index (χ2n) is 8.04. The van der Waals surface area contributed by atoms with Crippen molar-refractivity contribution in [2.75, 3.05) is 0 Å². The summed E-state index contributed by atoms with van der Waals surface area (Å²) in [7, 11) is 0. The van der Waals surface area contributed by atoms with Crippen LogP contribution in [0.1, 0.15) is 41.5 Å². The third-order valence-corrected chi connectivity index (χ3v) is 5.54. The lowest BCUT2D eigenvalue weighted by atomic mass is 9.96. The van der Waals surface area contributed by atoms with Crippen molar-refractivity contribution in [2.24, 2.45) is 0 Å². The van der Waals surface area contributed by atoms with Gasteiger partial charge in [0.2, 0.25) is 0 Å². The standard InChI is InChI=1S/C28H26N2O3/c1-3-7-24(16-27(31)32)23-10-12-26(13-11-23)33-19-22-14-20(2)28-25(15-22)17-29-30(28)18-21-8-5-4-6-9-21/h4-6,8-15,17,24H,16,18-19H2,1-2H3,(H,31,32)/t24-/m0/s1. The molecule has 0 unspecified atom stereocenters. The van der Waals surface area contributed by atoms with E-state index in [-0.39, 0.29) is 12.3 Å². The van der Waals surface area contributed by atoms with Gasteiger partial charge in [-0.2, -0.15) is 5.10 Å². The summed E-state index contributed by atoms with van der Waals surface area (Å²) in [5.41, 5.74) is 5.46. The van der Waals surface area contributed by atoms with E-state index in [9.17, 15) is 4.79 Å². The van der Waals surface area contributed by atoms with Crippen LogP contribution >= 0.6 is 0 Å². The van der Waals surface area contributed by atoms with E-state index in [4.69, 9.17) is 9.84 Å². The number of rotatable bonds is 8. The minimum absolute atomic E-state index is 0.0156. The van der Waals surface area contributed by atoms with Gasteiger partial charge < -0.3 is 9.84 Å². The number of benzene rings is 3. The zero-order chi connectivity index (χ0) is 23.2. The first kappa shape index (κ1) is 22.2. The van der Waals surface area contributed by atoms with E-state index in [2.05, 4.69) is 48.1 Å². The lowest BCUT2D eigenvalue weighted by Crippen LogP contribution is -2.05. The molecule has 5 heteroatoms. The van der Waals surface area contributed by atoms with Gasteiger partial charge in [-0.05, 0) is 54.3 Å². The van der Waals surface area contributed by atoms with Crippen molar-refractivity contribution >= 4 is 16.9 Å². The quantitative estimate of drug-likeness (QED) is 0.366. The Bertz CT molecular complexity index is 1310. The highest BCUT2D eigenvalue weighted by molar-refractivity contribution is 5.82. The second-order valence-corrected chi connectivity index (χ2v) is 8.04. The van der Waals surface area contributed by atoms with Crippen LogP contribution in [-0.4, -0.2) is 20.9 Å². The Morgan fingerprint density at radius 2 is 1.85 bits per heavy atom. The lowest BCUT2D eigenvalue weighted by Gasteiger charge is -2.12. The average molecular weight is 439 g/mol. The van der Waals surface area contributed by atoms with Crippen LogP contribution in [-0.2, 0) is 17.9 Å². The molecule has 0 saturated carbocycles. The molecule has 5 nitrogen and oxygen atoms in total. The van der Waals surface area contributed by atoms with Crippen molar-refractivity contribution in [1.29, 1.82) is 0 Å². The Morgan fingerprint density at radius 3 is 2.55 bits per heavy atom. The number of aliphatic carboxylic acids is 1. The minimum Gasteiger partial charge on any atom is -0.489 e. The monoisotopic (exact) mass is 438 g/mol. The number of hydrogen-bond donors (Lipinski definition) is 1.